The first-order valence-corrected chi connectivity index (χ1v) is 8.94. The SMILES string of the molecule is CNC(=O)c1cc(C(=O)NC2[C@H]3COC[C@@H]23)cc([C@@H](O)c2ccccc2)n1. The number of hydrogen-bond donors (Lipinski definition) is 3. The van der Waals surface area contributed by atoms with Gasteiger partial charge in [0, 0.05) is 30.5 Å². The van der Waals surface area contributed by atoms with Crippen molar-refractivity contribution in [1.29, 1.82) is 0 Å². The van der Waals surface area contributed by atoms with Crippen molar-refractivity contribution in [2.75, 3.05) is 20.3 Å². The second kappa shape index (κ2) is 7.09. The number of nitrogens with one attached hydrogen (secondary N) is 2. The number of benzene rings is 1. The summed E-state index contributed by atoms with van der Waals surface area (Å²) in [6.07, 6.45) is -1.03. The van der Waals surface area contributed by atoms with Crippen molar-refractivity contribution in [2.45, 2.75) is 12.1 Å². The number of hydrogen-bond acceptors (Lipinski definition) is 5. The number of fused-ring (bicyclic) bond motifs is 1. The Bertz CT molecular complexity index is 861. The van der Waals surface area contributed by atoms with E-state index in [1.165, 1.54) is 19.2 Å². The van der Waals surface area contributed by atoms with Crippen LogP contribution in [0, 0.1) is 11.8 Å². The summed E-state index contributed by atoms with van der Waals surface area (Å²) in [4.78, 5) is 29.1. The van der Waals surface area contributed by atoms with E-state index in [1.807, 2.05) is 18.2 Å². The van der Waals surface area contributed by atoms with Crippen LogP contribution in [-0.2, 0) is 4.74 Å². The number of amides is 2. The molecule has 2 heterocycles. The standard InChI is InChI=1S/C20H21N3O4/c1-21-20(26)16-8-12(19(25)23-17-13-9-27-10-14(13)17)7-15(22-16)18(24)11-5-3-2-4-6-11/h2-8,13-14,17-18,24H,9-10H2,1H3,(H,21,26)(H,23,25)/t13-,14+,17?,18-/m0/s1. The lowest BCUT2D eigenvalue weighted by Crippen LogP contribution is -2.31. The highest BCUT2D eigenvalue weighted by Crippen LogP contribution is 2.44. The van der Waals surface area contributed by atoms with Crippen LogP contribution < -0.4 is 10.6 Å². The van der Waals surface area contributed by atoms with Gasteiger partial charge in [-0.3, -0.25) is 9.59 Å². The van der Waals surface area contributed by atoms with Gasteiger partial charge in [-0.1, -0.05) is 30.3 Å². The number of aromatic nitrogens is 1. The van der Waals surface area contributed by atoms with Gasteiger partial charge in [0.05, 0.1) is 18.9 Å². The average molecular weight is 367 g/mol. The zero-order valence-electron chi connectivity index (χ0n) is 14.9. The molecule has 140 valence electrons. The lowest BCUT2D eigenvalue weighted by molar-refractivity contribution is 0.0928. The largest absolute Gasteiger partial charge is 0.382 e. The van der Waals surface area contributed by atoms with Crippen molar-refractivity contribution < 1.29 is 19.4 Å². The van der Waals surface area contributed by atoms with Gasteiger partial charge in [0.2, 0.25) is 0 Å². The van der Waals surface area contributed by atoms with Crippen LogP contribution in [0.2, 0.25) is 0 Å². The van der Waals surface area contributed by atoms with Crippen LogP contribution in [0.25, 0.3) is 0 Å². The van der Waals surface area contributed by atoms with Gasteiger partial charge in [-0.05, 0) is 17.7 Å². The van der Waals surface area contributed by atoms with E-state index in [9.17, 15) is 14.7 Å². The molecule has 1 aromatic heterocycles. The molecule has 1 aliphatic heterocycles. The van der Waals surface area contributed by atoms with E-state index >= 15 is 0 Å². The van der Waals surface area contributed by atoms with E-state index in [2.05, 4.69) is 15.6 Å². The molecule has 0 radical (unpaired) electrons. The highest BCUT2D eigenvalue weighted by Gasteiger charge is 2.54. The third-order valence-electron chi connectivity index (χ3n) is 5.21. The zero-order chi connectivity index (χ0) is 19.0. The molecule has 1 saturated heterocycles. The third kappa shape index (κ3) is 3.43. The highest BCUT2D eigenvalue weighted by atomic mass is 16.5. The molecular weight excluding hydrogens is 346 g/mol. The van der Waals surface area contributed by atoms with Gasteiger partial charge >= 0.3 is 0 Å². The maximum atomic E-state index is 12.7. The van der Waals surface area contributed by atoms with Gasteiger partial charge in [-0.15, -0.1) is 0 Å². The summed E-state index contributed by atoms with van der Waals surface area (Å²) in [5.41, 5.74) is 1.29. The van der Waals surface area contributed by atoms with Gasteiger partial charge in [0.25, 0.3) is 11.8 Å². The number of carbonyl (C=O) groups excluding carboxylic acids is 2. The van der Waals surface area contributed by atoms with E-state index in [1.54, 1.807) is 12.1 Å². The van der Waals surface area contributed by atoms with Crippen LogP contribution >= 0.6 is 0 Å². The first-order chi connectivity index (χ1) is 13.1. The topological polar surface area (TPSA) is 101 Å². The van der Waals surface area contributed by atoms with Crippen LogP contribution in [0.3, 0.4) is 0 Å². The molecule has 0 spiro atoms. The lowest BCUT2D eigenvalue weighted by atomic mass is 10.0. The van der Waals surface area contributed by atoms with E-state index < -0.39 is 12.0 Å². The first kappa shape index (κ1) is 17.6. The molecule has 3 N–H and O–H groups in total. The quantitative estimate of drug-likeness (QED) is 0.729. The minimum Gasteiger partial charge on any atom is -0.382 e. The van der Waals surface area contributed by atoms with Crippen LogP contribution in [0.1, 0.15) is 38.2 Å². The molecule has 4 rings (SSSR count). The van der Waals surface area contributed by atoms with Crippen molar-refractivity contribution in [2.24, 2.45) is 11.8 Å². The number of rotatable bonds is 5. The second-order valence-electron chi connectivity index (χ2n) is 6.92. The second-order valence-corrected chi connectivity index (χ2v) is 6.92. The predicted molar refractivity (Wildman–Crippen MR) is 97.2 cm³/mol. The highest BCUT2D eigenvalue weighted by molar-refractivity contribution is 5.99. The molecule has 0 bridgehead atoms. The van der Waals surface area contributed by atoms with Gasteiger partial charge in [-0.2, -0.15) is 0 Å². The molecule has 7 heteroatoms. The number of nitrogens with zero attached hydrogens (tertiary/aromatic N) is 1. The number of pyridine rings is 1. The summed E-state index contributed by atoms with van der Waals surface area (Å²) < 4.78 is 5.34. The summed E-state index contributed by atoms with van der Waals surface area (Å²) in [6, 6.07) is 12.1. The lowest BCUT2D eigenvalue weighted by Gasteiger charge is -2.14. The molecule has 1 saturated carbocycles. The zero-order valence-corrected chi connectivity index (χ0v) is 14.9. The Morgan fingerprint density at radius 1 is 1.15 bits per heavy atom. The summed E-state index contributed by atoms with van der Waals surface area (Å²) in [7, 11) is 1.50. The number of aliphatic hydroxyl groups is 1. The van der Waals surface area contributed by atoms with Crippen LogP contribution in [0.15, 0.2) is 42.5 Å². The fourth-order valence-corrected chi connectivity index (χ4v) is 3.56. The van der Waals surface area contributed by atoms with Crippen LogP contribution in [0.4, 0.5) is 0 Å². The average Bonchev–Trinajstić information content (AvgIpc) is 3.13. The third-order valence-corrected chi connectivity index (χ3v) is 5.21. The van der Waals surface area contributed by atoms with E-state index in [0.717, 1.165) is 0 Å². The summed E-state index contributed by atoms with van der Waals surface area (Å²) in [5.74, 6) is 0.0680. The molecule has 2 amide bonds. The Hall–Kier alpha value is -2.77. The van der Waals surface area contributed by atoms with Gasteiger partial charge in [-0.25, -0.2) is 4.98 Å². The van der Waals surface area contributed by atoms with Gasteiger partial charge in [0.1, 0.15) is 11.8 Å². The predicted octanol–water partition coefficient (Wildman–Crippen LogP) is 0.897. The Morgan fingerprint density at radius 3 is 2.52 bits per heavy atom. The maximum absolute atomic E-state index is 12.7. The smallest absolute Gasteiger partial charge is 0.269 e. The Balaban J connectivity index is 1.62. The molecule has 1 aliphatic carbocycles. The molecule has 1 unspecified atom stereocenters. The Kier molecular flexibility index (Phi) is 4.63. The van der Waals surface area contributed by atoms with Crippen molar-refractivity contribution in [1.82, 2.24) is 15.6 Å². The number of carbonyl (C=O) groups is 2. The van der Waals surface area contributed by atoms with Gasteiger partial charge in [0.15, 0.2) is 0 Å². The molecule has 27 heavy (non-hydrogen) atoms. The van der Waals surface area contributed by atoms with E-state index in [0.29, 0.717) is 36.2 Å². The van der Waals surface area contributed by atoms with E-state index in [-0.39, 0.29) is 23.3 Å². The molecule has 2 aliphatic rings. The van der Waals surface area contributed by atoms with Crippen molar-refractivity contribution in [3.05, 3.63) is 65.0 Å². The van der Waals surface area contributed by atoms with Crippen molar-refractivity contribution in [3.8, 4) is 0 Å². The van der Waals surface area contributed by atoms with Crippen LogP contribution in [0.5, 0.6) is 0 Å². The van der Waals surface area contributed by atoms with E-state index in [4.69, 9.17) is 4.74 Å². The van der Waals surface area contributed by atoms with Gasteiger partial charge < -0.3 is 20.5 Å². The molecule has 7 nitrogen and oxygen atoms in total. The van der Waals surface area contributed by atoms with Crippen molar-refractivity contribution in [3.63, 3.8) is 0 Å². The monoisotopic (exact) mass is 367 g/mol. The fourth-order valence-electron chi connectivity index (χ4n) is 3.56. The van der Waals surface area contributed by atoms with Crippen molar-refractivity contribution >= 4 is 11.8 Å². The molecule has 4 atom stereocenters. The minimum absolute atomic E-state index is 0.0921. The molecule has 2 fully saturated rings. The fraction of sp³-hybridized carbons (Fsp3) is 0.350. The Morgan fingerprint density at radius 2 is 1.85 bits per heavy atom. The number of aliphatic hydroxyl groups excluding tert-OH is 1. The normalized spacial score (nSPS) is 24.0. The minimum atomic E-state index is -1.03. The summed E-state index contributed by atoms with van der Waals surface area (Å²) in [6.45, 7) is 1.35. The molecule has 2 aromatic rings. The molecular formula is C20H21N3O4. The molecule has 1 aromatic carbocycles. The summed E-state index contributed by atoms with van der Waals surface area (Å²) >= 11 is 0. The van der Waals surface area contributed by atoms with Crippen LogP contribution in [-0.4, -0.2) is 48.2 Å². The first-order valence-electron chi connectivity index (χ1n) is 8.94. The number of ether oxygens (including phenoxy) is 1. The Labute approximate surface area is 156 Å². The maximum Gasteiger partial charge on any atom is 0.269 e. The summed E-state index contributed by atoms with van der Waals surface area (Å²) in [5, 5.41) is 16.2.